The van der Waals surface area contributed by atoms with Crippen LogP contribution in [0.3, 0.4) is 0 Å². The van der Waals surface area contributed by atoms with Crippen molar-refractivity contribution in [1.82, 2.24) is 4.98 Å². The van der Waals surface area contributed by atoms with Crippen molar-refractivity contribution >= 4 is 17.8 Å². The number of unbranched alkanes of at least 4 members (excludes halogenated alkanes) is 1. The summed E-state index contributed by atoms with van der Waals surface area (Å²) in [5.41, 5.74) is 3.53. The molecule has 1 N–H and O–H groups in total. The lowest BCUT2D eigenvalue weighted by Crippen LogP contribution is -2.18. The lowest BCUT2D eigenvalue weighted by atomic mass is 10.1. The van der Waals surface area contributed by atoms with E-state index in [4.69, 9.17) is 5.11 Å². The van der Waals surface area contributed by atoms with E-state index in [2.05, 4.69) is 53.3 Å². The van der Waals surface area contributed by atoms with Crippen molar-refractivity contribution in [2.45, 2.75) is 12.8 Å². The first-order valence-corrected chi connectivity index (χ1v) is 7.30. The fraction of sp³-hybridized carbons (Fsp3) is 0.278. The summed E-state index contributed by atoms with van der Waals surface area (Å²) in [5, 5.41) is 8.81. The maximum Gasteiger partial charge on any atom is 0.0431 e. The van der Waals surface area contributed by atoms with Crippen LogP contribution >= 0.6 is 0 Å². The highest BCUT2D eigenvalue weighted by molar-refractivity contribution is 5.70. The molecule has 0 aliphatic heterocycles. The molecule has 21 heavy (non-hydrogen) atoms. The van der Waals surface area contributed by atoms with Crippen LogP contribution in [0.5, 0.6) is 0 Å². The number of rotatable bonds is 7. The maximum atomic E-state index is 8.81. The Balaban J connectivity index is 1.94. The number of nitrogens with zero attached hydrogens (tertiary/aromatic N) is 2. The van der Waals surface area contributed by atoms with E-state index in [0.717, 1.165) is 24.9 Å². The number of aliphatic hydroxyl groups excluding tert-OH is 1. The Kier molecular flexibility index (Phi) is 5.98. The number of aliphatic hydroxyl groups is 1. The Bertz CT molecular complexity index is 549. The highest BCUT2D eigenvalue weighted by Crippen LogP contribution is 2.16. The van der Waals surface area contributed by atoms with E-state index in [-0.39, 0.29) is 6.61 Å². The van der Waals surface area contributed by atoms with Gasteiger partial charge in [-0.1, -0.05) is 24.3 Å². The minimum Gasteiger partial charge on any atom is -0.396 e. The third kappa shape index (κ3) is 5.04. The molecule has 2 aromatic rings. The zero-order valence-corrected chi connectivity index (χ0v) is 12.4. The predicted octanol–water partition coefficient (Wildman–Crippen LogP) is 3.46. The van der Waals surface area contributed by atoms with E-state index < -0.39 is 0 Å². The van der Waals surface area contributed by atoms with Gasteiger partial charge >= 0.3 is 0 Å². The van der Waals surface area contributed by atoms with Crippen molar-refractivity contribution < 1.29 is 5.11 Å². The molecule has 0 saturated heterocycles. The monoisotopic (exact) mass is 282 g/mol. The van der Waals surface area contributed by atoms with Crippen LogP contribution in [0, 0.1) is 0 Å². The SMILES string of the molecule is CN(CCCCO)c1ccc(C=Cc2ccncc2)cc1. The molecule has 1 aromatic carbocycles. The molecule has 0 unspecified atom stereocenters. The third-order valence-electron chi connectivity index (χ3n) is 3.41. The lowest BCUT2D eigenvalue weighted by molar-refractivity contribution is 0.285. The van der Waals surface area contributed by atoms with Crippen LogP contribution in [0.25, 0.3) is 12.2 Å². The van der Waals surface area contributed by atoms with Crippen LogP contribution in [0.1, 0.15) is 24.0 Å². The molecule has 0 fully saturated rings. The Hall–Kier alpha value is -2.13. The first kappa shape index (κ1) is 15.3. The Morgan fingerprint density at radius 1 is 0.952 bits per heavy atom. The molecule has 0 aliphatic carbocycles. The van der Waals surface area contributed by atoms with Crippen LogP contribution in [0.2, 0.25) is 0 Å². The number of hydrogen-bond acceptors (Lipinski definition) is 3. The molecule has 0 atom stereocenters. The zero-order valence-electron chi connectivity index (χ0n) is 12.4. The molecular formula is C18H22N2O. The summed E-state index contributed by atoms with van der Waals surface area (Å²) in [7, 11) is 2.08. The van der Waals surface area contributed by atoms with Gasteiger partial charge in [-0.25, -0.2) is 0 Å². The van der Waals surface area contributed by atoms with Crippen molar-refractivity contribution in [2.75, 3.05) is 25.1 Å². The fourth-order valence-corrected chi connectivity index (χ4v) is 2.10. The molecule has 0 radical (unpaired) electrons. The maximum absolute atomic E-state index is 8.81. The summed E-state index contributed by atoms with van der Waals surface area (Å²) in [6.07, 6.45) is 9.65. The van der Waals surface area contributed by atoms with Gasteiger partial charge in [-0.15, -0.1) is 0 Å². The number of hydrogen-bond donors (Lipinski definition) is 1. The molecule has 0 bridgehead atoms. The van der Waals surface area contributed by atoms with Crippen molar-refractivity contribution in [2.24, 2.45) is 0 Å². The quantitative estimate of drug-likeness (QED) is 0.790. The number of benzene rings is 1. The Labute approximate surface area is 126 Å². The van der Waals surface area contributed by atoms with Crippen molar-refractivity contribution in [1.29, 1.82) is 0 Å². The van der Waals surface area contributed by atoms with Crippen LogP contribution in [0.15, 0.2) is 48.8 Å². The van der Waals surface area contributed by atoms with E-state index in [1.165, 1.54) is 11.3 Å². The number of aromatic nitrogens is 1. The van der Waals surface area contributed by atoms with Gasteiger partial charge in [0.2, 0.25) is 0 Å². The molecule has 0 amide bonds. The second-order valence-corrected chi connectivity index (χ2v) is 5.06. The molecule has 3 nitrogen and oxygen atoms in total. The zero-order chi connectivity index (χ0) is 14.9. The summed E-state index contributed by atoms with van der Waals surface area (Å²) < 4.78 is 0. The summed E-state index contributed by atoms with van der Waals surface area (Å²) in [5.74, 6) is 0. The first-order valence-electron chi connectivity index (χ1n) is 7.30. The van der Waals surface area contributed by atoms with Gasteiger partial charge in [0.05, 0.1) is 0 Å². The second-order valence-electron chi connectivity index (χ2n) is 5.06. The number of anilines is 1. The summed E-state index contributed by atoms with van der Waals surface area (Å²) in [6, 6.07) is 12.5. The number of pyridine rings is 1. The molecule has 3 heteroatoms. The van der Waals surface area contributed by atoms with Gasteiger partial charge in [-0.05, 0) is 48.2 Å². The highest BCUT2D eigenvalue weighted by Gasteiger charge is 1.99. The van der Waals surface area contributed by atoms with E-state index in [1.807, 2.05) is 12.1 Å². The van der Waals surface area contributed by atoms with E-state index >= 15 is 0 Å². The second kappa shape index (κ2) is 8.22. The van der Waals surface area contributed by atoms with Gasteiger partial charge < -0.3 is 10.0 Å². The average Bonchev–Trinajstić information content (AvgIpc) is 2.54. The first-order chi connectivity index (χ1) is 10.3. The normalized spacial score (nSPS) is 11.0. The van der Waals surface area contributed by atoms with E-state index in [1.54, 1.807) is 12.4 Å². The van der Waals surface area contributed by atoms with Gasteiger partial charge in [-0.2, -0.15) is 0 Å². The van der Waals surface area contributed by atoms with Crippen LogP contribution in [0.4, 0.5) is 5.69 Å². The van der Waals surface area contributed by atoms with Gasteiger partial charge in [0.25, 0.3) is 0 Å². The predicted molar refractivity (Wildman–Crippen MR) is 89.2 cm³/mol. The van der Waals surface area contributed by atoms with Gasteiger partial charge in [-0.3, -0.25) is 4.98 Å². The van der Waals surface area contributed by atoms with Gasteiger partial charge in [0, 0.05) is 38.3 Å². The highest BCUT2D eigenvalue weighted by atomic mass is 16.2. The largest absolute Gasteiger partial charge is 0.396 e. The van der Waals surface area contributed by atoms with Gasteiger partial charge in [0.15, 0.2) is 0 Å². The standard InChI is InChI=1S/C18H22N2O/c1-20(14-2-3-15-21)18-8-6-16(7-9-18)4-5-17-10-12-19-13-11-17/h4-13,21H,2-3,14-15H2,1H3. The molecule has 2 rings (SSSR count). The molecule has 0 saturated carbocycles. The summed E-state index contributed by atoms with van der Waals surface area (Å²) in [6.45, 7) is 1.24. The molecule has 1 aromatic heterocycles. The molecule has 0 spiro atoms. The molecular weight excluding hydrogens is 260 g/mol. The third-order valence-corrected chi connectivity index (χ3v) is 3.41. The van der Waals surface area contributed by atoms with E-state index in [9.17, 15) is 0 Å². The van der Waals surface area contributed by atoms with Crippen LogP contribution in [-0.2, 0) is 0 Å². The Morgan fingerprint density at radius 3 is 2.19 bits per heavy atom. The molecule has 110 valence electrons. The summed E-state index contributed by atoms with van der Waals surface area (Å²) in [4.78, 5) is 6.22. The van der Waals surface area contributed by atoms with Crippen molar-refractivity contribution in [3.8, 4) is 0 Å². The average molecular weight is 282 g/mol. The smallest absolute Gasteiger partial charge is 0.0431 e. The van der Waals surface area contributed by atoms with Crippen LogP contribution in [-0.4, -0.2) is 30.3 Å². The van der Waals surface area contributed by atoms with Crippen molar-refractivity contribution in [3.63, 3.8) is 0 Å². The summed E-state index contributed by atoms with van der Waals surface area (Å²) >= 11 is 0. The molecule has 1 heterocycles. The minimum atomic E-state index is 0.270. The van der Waals surface area contributed by atoms with E-state index in [0.29, 0.717) is 0 Å². The van der Waals surface area contributed by atoms with Crippen LogP contribution < -0.4 is 4.90 Å². The lowest BCUT2D eigenvalue weighted by Gasteiger charge is -2.19. The minimum absolute atomic E-state index is 0.270. The van der Waals surface area contributed by atoms with Crippen molar-refractivity contribution in [3.05, 3.63) is 59.9 Å². The topological polar surface area (TPSA) is 36.4 Å². The molecule has 0 aliphatic rings. The Morgan fingerprint density at radius 2 is 1.57 bits per heavy atom. The van der Waals surface area contributed by atoms with Gasteiger partial charge in [0.1, 0.15) is 0 Å². The fourth-order valence-electron chi connectivity index (χ4n) is 2.10.